The summed E-state index contributed by atoms with van der Waals surface area (Å²) in [7, 11) is 0. The summed E-state index contributed by atoms with van der Waals surface area (Å²) in [4.78, 5) is 11.0. The van der Waals surface area contributed by atoms with Crippen LogP contribution in [0.25, 0.3) is 11.2 Å². The van der Waals surface area contributed by atoms with Crippen molar-refractivity contribution in [3.63, 3.8) is 0 Å². The Kier molecular flexibility index (Phi) is 3.05. The number of rotatable bonds is 3. The molecule has 0 aliphatic carbocycles. The number of aromatic amines is 1. The third kappa shape index (κ3) is 2.66. The summed E-state index contributed by atoms with van der Waals surface area (Å²) < 4.78 is 18.5. The quantitative estimate of drug-likeness (QED) is 0.799. The van der Waals surface area contributed by atoms with Crippen LogP contribution in [0.2, 0.25) is 5.02 Å². The van der Waals surface area contributed by atoms with Crippen LogP contribution in [0.5, 0.6) is 5.75 Å². The van der Waals surface area contributed by atoms with E-state index in [-0.39, 0.29) is 6.61 Å². The average Bonchev–Trinajstić information content (AvgIpc) is 2.80. The molecule has 96 valence electrons. The fourth-order valence-corrected chi connectivity index (χ4v) is 1.80. The maximum Gasteiger partial charge on any atom is 0.178 e. The Hall–Kier alpha value is -2.14. The van der Waals surface area contributed by atoms with Gasteiger partial charge >= 0.3 is 0 Å². The normalized spacial score (nSPS) is 10.8. The number of pyridine rings is 1. The van der Waals surface area contributed by atoms with E-state index in [0.29, 0.717) is 27.8 Å². The van der Waals surface area contributed by atoms with E-state index in [1.165, 1.54) is 6.07 Å². The van der Waals surface area contributed by atoms with Crippen LogP contribution in [-0.2, 0) is 6.61 Å². The number of imidazole rings is 1. The van der Waals surface area contributed by atoms with Gasteiger partial charge in [-0.1, -0.05) is 11.6 Å². The van der Waals surface area contributed by atoms with Crippen molar-refractivity contribution in [1.29, 1.82) is 0 Å². The van der Waals surface area contributed by atoms with Crippen molar-refractivity contribution in [3.05, 3.63) is 53.2 Å². The van der Waals surface area contributed by atoms with Crippen molar-refractivity contribution in [2.45, 2.75) is 6.61 Å². The fourth-order valence-electron chi connectivity index (χ4n) is 1.68. The number of benzene rings is 1. The Balaban J connectivity index is 1.76. The summed E-state index contributed by atoms with van der Waals surface area (Å²) in [5.41, 5.74) is 1.02. The molecule has 1 N–H and O–H groups in total. The fraction of sp³-hybridized carbons (Fsp3) is 0.0769. The van der Waals surface area contributed by atoms with Crippen molar-refractivity contribution in [2.24, 2.45) is 0 Å². The Morgan fingerprint density at radius 2 is 2.05 bits per heavy atom. The molecule has 0 unspecified atom stereocenters. The van der Waals surface area contributed by atoms with E-state index in [4.69, 9.17) is 16.3 Å². The first kappa shape index (κ1) is 11.9. The van der Waals surface area contributed by atoms with Crippen LogP contribution < -0.4 is 4.74 Å². The minimum absolute atomic E-state index is 0.250. The van der Waals surface area contributed by atoms with E-state index in [1.807, 2.05) is 0 Å². The number of hydrogen-bond acceptors (Lipinski definition) is 3. The van der Waals surface area contributed by atoms with Crippen molar-refractivity contribution in [1.82, 2.24) is 15.0 Å². The van der Waals surface area contributed by atoms with Gasteiger partial charge in [0.15, 0.2) is 5.65 Å². The number of fused-ring (bicyclic) bond motifs is 1. The molecule has 0 saturated carbocycles. The van der Waals surface area contributed by atoms with Gasteiger partial charge in [-0.15, -0.1) is 0 Å². The molecule has 0 amide bonds. The molecule has 3 rings (SSSR count). The monoisotopic (exact) mass is 277 g/mol. The van der Waals surface area contributed by atoms with E-state index in [1.54, 1.807) is 24.3 Å². The molecular weight excluding hydrogens is 269 g/mol. The molecule has 0 bridgehead atoms. The molecule has 19 heavy (non-hydrogen) atoms. The first-order chi connectivity index (χ1) is 9.20. The van der Waals surface area contributed by atoms with Gasteiger partial charge in [0, 0.05) is 11.1 Å². The molecule has 4 nitrogen and oxygen atoms in total. The summed E-state index contributed by atoms with van der Waals surface area (Å²) in [6.07, 6.45) is 1.13. The highest BCUT2D eigenvalue weighted by Gasteiger charge is 2.05. The minimum atomic E-state index is -0.402. The number of aromatic nitrogens is 3. The molecule has 0 radical (unpaired) electrons. The average molecular weight is 278 g/mol. The number of H-pyrrole nitrogens is 1. The molecule has 0 atom stereocenters. The van der Waals surface area contributed by atoms with Crippen LogP contribution in [0, 0.1) is 5.82 Å². The Morgan fingerprint density at radius 3 is 2.84 bits per heavy atom. The Morgan fingerprint density at radius 1 is 1.26 bits per heavy atom. The van der Waals surface area contributed by atoms with Gasteiger partial charge in [0.2, 0.25) is 0 Å². The summed E-state index contributed by atoms with van der Waals surface area (Å²) >= 11 is 5.78. The number of hydrogen-bond donors (Lipinski definition) is 1. The standard InChI is InChI=1S/C13H9ClFN3O/c14-8-1-3-10(4-2-8)19-7-12-17-11-5-9(15)6-16-13(11)18-12/h1-6H,7H2,(H,16,17,18). The summed E-state index contributed by atoms with van der Waals surface area (Å²) in [5.74, 6) is 0.869. The summed E-state index contributed by atoms with van der Waals surface area (Å²) in [6.45, 7) is 0.250. The van der Waals surface area contributed by atoms with E-state index in [0.717, 1.165) is 6.20 Å². The highest BCUT2D eigenvalue weighted by molar-refractivity contribution is 6.30. The maximum atomic E-state index is 13.0. The van der Waals surface area contributed by atoms with Crippen LogP contribution in [0.4, 0.5) is 4.39 Å². The van der Waals surface area contributed by atoms with Gasteiger partial charge in [0.1, 0.15) is 24.0 Å². The minimum Gasteiger partial charge on any atom is -0.486 e. The molecule has 0 fully saturated rings. The van der Waals surface area contributed by atoms with Gasteiger partial charge in [-0.05, 0) is 24.3 Å². The van der Waals surface area contributed by atoms with E-state index < -0.39 is 5.82 Å². The lowest BCUT2D eigenvalue weighted by molar-refractivity contribution is 0.297. The second-order valence-corrected chi connectivity index (χ2v) is 4.39. The van der Waals surface area contributed by atoms with Gasteiger partial charge in [-0.25, -0.2) is 14.4 Å². The number of nitrogens with zero attached hydrogens (tertiary/aromatic N) is 2. The van der Waals surface area contributed by atoms with E-state index in [9.17, 15) is 4.39 Å². The molecule has 3 aromatic rings. The van der Waals surface area contributed by atoms with Gasteiger partial charge < -0.3 is 9.72 Å². The number of ether oxygens (including phenoxy) is 1. The molecule has 2 aromatic heterocycles. The van der Waals surface area contributed by atoms with Crippen LogP contribution in [0.1, 0.15) is 5.82 Å². The Bertz CT molecular complexity index is 711. The lowest BCUT2D eigenvalue weighted by Crippen LogP contribution is -1.97. The third-order valence-corrected chi connectivity index (χ3v) is 2.79. The molecule has 6 heteroatoms. The lowest BCUT2D eigenvalue weighted by Gasteiger charge is -2.03. The zero-order valence-electron chi connectivity index (χ0n) is 9.73. The first-order valence-electron chi connectivity index (χ1n) is 5.59. The predicted molar refractivity (Wildman–Crippen MR) is 69.6 cm³/mol. The van der Waals surface area contributed by atoms with Crippen molar-refractivity contribution in [2.75, 3.05) is 0 Å². The van der Waals surface area contributed by atoms with Crippen molar-refractivity contribution >= 4 is 22.8 Å². The second-order valence-electron chi connectivity index (χ2n) is 3.95. The topological polar surface area (TPSA) is 50.8 Å². The lowest BCUT2D eigenvalue weighted by atomic mass is 10.3. The first-order valence-corrected chi connectivity index (χ1v) is 5.97. The van der Waals surface area contributed by atoms with Crippen molar-refractivity contribution < 1.29 is 9.13 Å². The number of halogens is 2. The van der Waals surface area contributed by atoms with Crippen LogP contribution >= 0.6 is 11.6 Å². The van der Waals surface area contributed by atoms with Gasteiger partial charge in [0.25, 0.3) is 0 Å². The number of nitrogens with one attached hydrogen (secondary N) is 1. The van der Waals surface area contributed by atoms with Gasteiger partial charge in [-0.3, -0.25) is 0 Å². The third-order valence-electron chi connectivity index (χ3n) is 2.54. The smallest absolute Gasteiger partial charge is 0.178 e. The predicted octanol–water partition coefficient (Wildman–Crippen LogP) is 3.33. The SMILES string of the molecule is Fc1cnc2nc(COc3ccc(Cl)cc3)[nH]c2c1. The molecule has 1 aromatic carbocycles. The molecule has 0 aliphatic heterocycles. The van der Waals surface area contributed by atoms with Gasteiger partial charge in [-0.2, -0.15) is 0 Å². The summed E-state index contributed by atoms with van der Waals surface area (Å²) in [6, 6.07) is 8.37. The molecule has 0 spiro atoms. The molecule has 2 heterocycles. The van der Waals surface area contributed by atoms with Crippen LogP contribution in [-0.4, -0.2) is 15.0 Å². The zero-order chi connectivity index (χ0) is 13.2. The Labute approximate surface area is 113 Å². The maximum absolute atomic E-state index is 13.0. The van der Waals surface area contributed by atoms with Crippen LogP contribution in [0.15, 0.2) is 36.5 Å². The van der Waals surface area contributed by atoms with Gasteiger partial charge in [0.05, 0.1) is 11.7 Å². The highest BCUT2D eigenvalue weighted by Crippen LogP contribution is 2.17. The molecule has 0 aliphatic rings. The van der Waals surface area contributed by atoms with Crippen LogP contribution in [0.3, 0.4) is 0 Å². The van der Waals surface area contributed by atoms with E-state index >= 15 is 0 Å². The molecule has 0 saturated heterocycles. The van der Waals surface area contributed by atoms with Crippen molar-refractivity contribution in [3.8, 4) is 5.75 Å². The summed E-state index contributed by atoms with van der Waals surface area (Å²) in [5, 5.41) is 0.649. The zero-order valence-corrected chi connectivity index (χ0v) is 10.5. The largest absolute Gasteiger partial charge is 0.486 e. The second kappa shape index (κ2) is 4.85. The van der Waals surface area contributed by atoms with E-state index in [2.05, 4.69) is 15.0 Å². The highest BCUT2D eigenvalue weighted by atomic mass is 35.5. The molecular formula is C13H9ClFN3O.